The molecule has 35 heavy (non-hydrogen) atoms. The molecule has 3 aromatic rings. The average Bonchev–Trinajstić information content (AvgIpc) is 2.76. The number of anilines is 1. The number of benzene rings is 2. The molecule has 0 radical (unpaired) electrons. The summed E-state index contributed by atoms with van der Waals surface area (Å²) in [5.74, 6) is -0.594. The van der Waals surface area contributed by atoms with Gasteiger partial charge in [-0.15, -0.1) is 0 Å². The number of rotatable bonds is 4. The molecule has 2 atom stereocenters. The van der Waals surface area contributed by atoms with Crippen LogP contribution in [0.25, 0.3) is 22.0 Å². The van der Waals surface area contributed by atoms with E-state index in [0.29, 0.717) is 29.6 Å². The van der Waals surface area contributed by atoms with E-state index in [2.05, 4.69) is 47.8 Å². The number of fused-ring (bicyclic) bond motifs is 1. The number of nitrogens with one attached hydrogen (secondary N) is 1. The van der Waals surface area contributed by atoms with E-state index in [1.165, 1.54) is 18.2 Å². The molecule has 0 aliphatic carbocycles. The van der Waals surface area contributed by atoms with Gasteiger partial charge in [-0.1, -0.05) is 17.7 Å². The van der Waals surface area contributed by atoms with Crippen LogP contribution in [0, 0.1) is 11.6 Å². The highest BCUT2D eigenvalue weighted by Crippen LogP contribution is 2.43. The van der Waals surface area contributed by atoms with Gasteiger partial charge in [-0.05, 0) is 45.9 Å². The predicted octanol–water partition coefficient (Wildman–Crippen LogP) is 4.93. The Bertz CT molecular complexity index is 1260. The lowest BCUT2D eigenvalue weighted by Gasteiger charge is -2.42. The number of piperazine rings is 1. The Hall–Kier alpha value is -2.55. The zero-order valence-electron chi connectivity index (χ0n) is 20.3. The summed E-state index contributed by atoms with van der Waals surface area (Å²) in [5, 5.41) is 14.3. The predicted molar refractivity (Wildman–Crippen MR) is 135 cm³/mol. The number of halogens is 3. The van der Waals surface area contributed by atoms with Crippen LogP contribution in [0.3, 0.4) is 0 Å². The molecule has 0 amide bonds. The van der Waals surface area contributed by atoms with Gasteiger partial charge in [0.1, 0.15) is 28.7 Å². The summed E-state index contributed by atoms with van der Waals surface area (Å²) < 4.78 is 30.9. The molecule has 0 saturated carbocycles. The zero-order valence-corrected chi connectivity index (χ0v) is 21.1. The quantitative estimate of drug-likeness (QED) is 0.528. The Morgan fingerprint density at radius 1 is 1.11 bits per heavy atom. The van der Waals surface area contributed by atoms with Crippen molar-refractivity contribution >= 4 is 28.3 Å². The number of phenols is 1. The van der Waals surface area contributed by atoms with Gasteiger partial charge in [0.2, 0.25) is 0 Å². The number of aromatic hydroxyl groups is 1. The van der Waals surface area contributed by atoms with Gasteiger partial charge in [0.25, 0.3) is 0 Å². The smallest absolute Gasteiger partial charge is 0.159 e. The van der Waals surface area contributed by atoms with Crippen molar-refractivity contribution in [2.45, 2.75) is 51.7 Å². The molecule has 2 aliphatic rings. The van der Waals surface area contributed by atoms with Gasteiger partial charge < -0.3 is 15.3 Å². The molecule has 0 unspecified atom stereocenters. The molecule has 9 heteroatoms. The first kappa shape index (κ1) is 24.2. The van der Waals surface area contributed by atoms with Crippen LogP contribution in [0.5, 0.6) is 5.75 Å². The minimum Gasteiger partial charge on any atom is -0.507 e. The standard InChI is InChI=1S/C26H30ClF2N5O/c1-13(2)33-11-16(12-33)25-31-24-17(26(32-25)34-10-14(3)30-9-15(34)4)8-18(27)21(23(24)29)22-19(28)6-5-7-20(22)35/h5-8,13-16,30,35H,9-12H2,1-4H3/t14-,15+/m1/s1. The highest BCUT2D eigenvalue weighted by Gasteiger charge is 2.35. The first-order valence-electron chi connectivity index (χ1n) is 12.1. The van der Waals surface area contributed by atoms with Gasteiger partial charge in [-0.2, -0.15) is 0 Å². The van der Waals surface area contributed by atoms with Gasteiger partial charge in [0.05, 0.1) is 10.6 Å². The fourth-order valence-electron chi connectivity index (χ4n) is 5.00. The van der Waals surface area contributed by atoms with E-state index in [0.717, 1.165) is 19.6 Å². The van der Waals surface area contributed by atoms with Crippen molar-refractivity contribution < 1.29 is 13.9 Å². The second-order valence-electron chi connectivity index (χ2n) is 10.0. The molecule has 2 aliphatic heterocycles. The first-order valence-corrected chi connectivity index (χ1v) is 12.4. The van der Waals surface area contributed by atoms with Crippen LogP contribution >= 0.6 is 11.6 Å². The molecular weight excluding hydrogens is 472 g/mol. The van der Waals surface area contributed by atoms with Crippen molar-refractivity contribution in [3.63, 3.8) is 0 Å². The summed E-state index contributed by atoms with van der Waals surface area (Å²) in [6.07, 6.45) is 0. The van der Waals surface area contributed by atoms with Gasteiger partial charge >= 0.3 is 0 Å². The third-order valence-corrected chi connectivity index (χ3v) is 7.46. The van der Waals surface area contributed by atoms with Crippen molar-refractivity contribution in [1.82, 2.24) is 20.2 Å². The van der Waals surface area contributed by atoms with Gasteiger partial charge in [0.15, 0.2) is 5.82 Å². The number of phenolic OH excluding ortho intramolecular Hbond substituents is 1. The van der Waals surface area contributed by atoms with E-state index in [1.54, 1.807) is 6.07 Å². The van der Waals surface area contributed by atoms with E-state index in [-0.39, 0.29) is 45.4 Å². The SMILES string of the molecule is CC(C)N1CC(c2nc(N3C[C@@H](C)NC[C@@H]3C)c3cc(Cl)c(-c4c(O)cccc4F)c(F)c3n2)C1. The third kappa shape index (κ3) is 4.21. The molecule has 0 bridgehead atoms. The summed E-state index contributed by atoms with van der Waals surface area (Å²) in [4.78, 5) is 14.1. The molecular formula is C26H30ClF2N5O. The largest absolute Gasteiger partial charge is 0.507 e. The van der Waals surface area contributed by atoms with Crippen LogP contribution in [0.2, 0.25) is 5.02 Å². The van der Waals surface area contributed by atoms with Crippen molar-refractivity contribution in [1.29, 1.82) is 0 Å². The van der Waals surface area contributed by atoms with Crippen molar-refractivity contribution in [3.05, 3.63) is 46.7 Å². The van der Waals surface area contributed by atoms with E-state index in [9.17, 15) is 9.50 Å². The molecule has 1 aromatic heterocycles. The lowest BCUT2D eigenvalue weighted by molar-refractivity contribution is 0.106. The topological polar surface area (TPSA) is 64.5 Å². The molecule has 5 rings (SSSR count). The second kappa shape index (κ2) is 9.15. The highest BCUT2D eigenvalue weighted by molar-refractivity contribution is 6.34. The second-order valence-corrected chi connectivity index (χ2v) is 10.4. The molecule has 6 nitrogen and oxygen atoms in total. The fourth-order valence-corrected chi connectivity index (χ4v) is 5.29. The average molecular weight is 502 g/mol. The Kier molecular flexibility index (Phi) is 6.32. The Labute approximate surface area is 208 Å². The Morgan fingerprint density at radius 2 is 1.86 bits per heavy atom. The minimum atomic E-state index is -0.756. The van der Waals surface area contributed by atoms with Gasteiger partial charge in [0, 0.05) is 61.2 Å². The van der Waals surface area contributed by atoms with E-state index in [4.69, 9.17) is 16.6 Å². The normalized spacial score (nSPS) is 21.7. The number of nitrogens with zero attached hydrogens (tertiary/aromatic N) is 4. The zero-order chi connectivity index (χ0) is 25.0. The molecule has 2 N–H and O–H groups in total. The number of hydrogen-bond acceptors (Lipinski definition) is 6. The van der Waals surface area contributed by atoms with Crippen molar-refractivity contribution in [2.24, 2.45) is 0 Å². The Morgan fingerprint density at radius 3 is 2.54 bits per heavy atom. The van der Waals surface area contributed by atoms with E-state index in [1.807, 2.05) is 0 Å². The van der Waals surface area contributed by atoms with Crippen LogP contribution in [0.1, 0.15) is 39.4 Å². The fraction of sp³-hybridized carbons (Fsp3) is 0.462. The van der Waals surface area contributed by atoms with Crippen LogP contribution in [-0.2, 0) is 0 Å². The third-order valence-electron chi connectivity index (χ3n) is 7.16. The molecule has 2 fully saturated rings. The lowest BCUT2D eigenvalue weighted by Crippen LogP contribution is -2.55. The van der Waals surface area contributed by atoms with Crippen LogP contribution < -0.4 is 10.2 Å². The van der Waals surface area contributed by atoms with Crippen LogP contribution in [-0.4, -0.2) is 64.3 Å². The maximum atomic E-state index is 16.2. The maximum Gasteiger partial charge on any atom is 0.159 e. The summed E-state index contributed by atoms with van der Waals surface area (Å²) in [7, 11) is 0. The molecule has 2 aromatic carbocycles. The molecule has 2 saturated heterocycles. The Balaban J connectivity index is 1.72. The highest BCUT2D eigenvalue weighted by atomic mass is 35.5. The summed E-state index contributed by atoms with van der Waals surface area (Å²) in [6.45, 7) is 11.5. The van der Waals surface area contributed by atoms with Crippen molar-refractivity contribution in [2.75, 3.05) is 31.1 Å². The summed E-state index contributed by atoms with van der Waals surface area (Å²) in [6, 6.07) is 6.21. The number of likely N-dealkylation sites (tertiary alicyclic amines) is 1. The molecule has 186 valence electrons. The molecule has 3 heterocycles. The summed E-state index contributed by atoms with van der Waals surface area (Å²) >= 11 is 6.55. The number of hydrogen-bond donors (Lipinski definition) is 2. The molecule has 0 spiro atoms. The summed E-state index contributed by atoms with van der Waals surface area (Å²) in [5.41, 5.74) is -0.365. The maximum absolute atomic E-state index is 16.2. The minimum absolute atomic E-state index is 0.00142. The van der Waals surface area contributed by atoms with Gasteiger partial charge in [-0.25, -0.2) is 18.7 Å². The van der Waals surface area contributed by atoms with Crippen LogP contribution in [0.15, 0.2) is 24.3 Å². The van der Waals surface area contributed by atoms with Crippen molar-refractivity contribution in [3.8, 4) is 16.9 Å². The monoisotopic (exact) mass is 501 g/mol. The number of aromatic nitrogens is 2. The van der Waals surface area contributed by atoms with E-state index >= 15 is 4.39 Å². The van der Waals surface area contributed by atoms with Crippen LogP contribution in [0.4, 0.5) is 14.6 Å². The van der Waals surface area contributed by atoms with E-state index < -0.39 is 11.6 Å². The lowest BCUT2D eigenvalue weighted by atomic mass is 9.96. The van der Waals surface area contributed by atoms with Gasteiger partial charge in [-0.3, -0.25) is 4.90 Å². The first-order chi connectivity index (χ1) is 16.7.